The van der Waals surface area contributed by atoms with E-state index in [4.69, 9.17) is 0 Å². The van der Waals surface area contributed by atoms with Gasteiger partial charge in [-0.2, -0.15) is 0 Å². The lowest BCUT2D eigenvalue weighted by Crippen LogP contribution is -1.97. The Hall–Kier alpha value is -2.68. The van der Waals surface area contributed by atoms with Gasteiger partial charge in [-0.05, 0) is 22.9 Å². The highest BCUT2D eigenvalue weighted by molar-refractivity contribution is 5.95. The molecule has 19 heavy (non-hydrogen) atoms. The van der Waals surface area contributed by atoms with Crippen LogP contribution < -0.4 is 5.32 Å². The summed E-state index contributed by atoms with van der Waals surface area (Å²) in [4.78, 5) is 14.9. The summed E-state index contributed by atoms with van der Waals surface area (Å²) < 4.78 is 0. The van der Waals surface area contributed by atoms with Crippen molar-refractivity contribution >= 4 is 23.0 Å². The van der Waals surface area contributed by atoms with Gasteiger partial charge in [0.1, 0.15) is 5.82 Å². The maximum atomic E-state index is 10.5. The topological polar surface area (TPSA) is 42.0 Å². The number of carbonyl (C=O) groups is 1. The van der Waals surface area contributed by atoms with Crippen molar-refractivity contribution in [3.05, 3.63) is 60.7 Å². The summed E-state index contributed by atoms with van der Waals surface area (Å²) in [7, 11) is 0. The smallest absolute Gasteiger partial charge is 0.212 e. The summed E-state index contributed by atoms with van der Waals surface area (Å²) in [6, 6.07) is 19.9. The van der Waals surface area contributed by atoms with E-state index in [0.29, 0.717) is 12.2 Å². The summed E-state index contributed by atoms with van der Waals surface area (Å²) in [5.74, 6) is 0.556. The van der Waals surface area contributed by atoms with Crippen LogP contribution in [0.25, 0.3) is 22.0 Å². The van der Waals surface area contributed by atoms with Crippen LogP contribution in [-0.4, -0.2) is 11.4 Å². The molecule has 0 saturated carbocycles. The van der Waals surface area contributed by atoms with Crippen LogP contribution in [0.15, 0.2) is 60.7 Å². The molecule has 0 atom stereocenters. The molecule has 1 N–H and O–H groups in total. The van der Waals surface area contributed by atoms with E-state index in [2.05, 4.69) is 28.5 Å². The second-order valence-electron chi connectivity index (χ2n) is 4.20. The van der Waals surface area contributed by atoms with Gasteiger partial charge in [0.15, 0.2) is 0 Å². The number of pyridine rings is 1. The highest BCUT2D eigenvalue weighted by Crippen LogP contribution is 2.27. The number of nitrogens with one attached hydrogen (secondary N) is 1. The SMILES string of the molecule is O=CNc1cccc(-c2cccc3ccccc23)n1. The second kappa shape index (κ2) is 4.90. The fourth-order valence-corrected chi connectivity index (χ4v) is 2.17. The van der Waals surface area contributed by atoms with E-state index in [0.717, 1.165) is 16.6 Å². The van der Waals surface area contributed by atoms with Crippen LogP contribution in [0, 0.1) is 0 Å². The first-order valence-corrected chi connectivity index (χ1v) is 6.04. The van der Waals surface area contributed by atoms with Gasteiger partial charge < -0.3 is 5.32 Å². The number of amides is 1. The van der Waals surface area contributed by atoms with Crippen LogP contribution in [0.4, 0.5) is 5.82 Å². The Morgan fingerprint density at radius 3 is 2.58 bits per heavy atom. The number of rotatable bonds is 3. The van der Waals surface area contributed by atoms with Crippen molar-refractivity contribution in [3.8, 4) is 11.3 Å². The molecule has 0 aliphatic heterocycles. The molecule has 3 heteroatoms. The molecule has 1 aromatic heterocycles. The zero-order valence-electron chi connectivity index (χ0n) is 10.2. The van der Waals surface area contributed by atoms with Crippen LogP contribution in [0.2, 0.25) is 0 Å². The Morgan fingerprint density at radius 2 is 1.68 bits per heavy atom. The third kappa shape index (κ3) is 2.18. The average molecular weight is 248 g/mol. The van der Waals surface area contributed by atoms with E-state index in [-0.39, 0.29) is 0 Å². The largest absolute Gasteiger partial charge is 0.313 e. The number of benzene rings is 2. The van der Waals surface area contributed by atoms with Gasteiger partial charge in [0.05, 0.1) is 5.69 Å². The summed E-state index contributed by atoms with van der Waals surface area (Å²) in [5, 5.41) is 4.90. The lowest BCUT2D eigenvalue weighted by atomic mass is 10.0. The summed E-state index contributed by atoms with van der Waals surface area (Å²) in [5.41, 5.74) is 1.91. The fourth-order valence-electron chi connectivity index (χ4n) is 2.17. The summed E-state index contributed by atoms with van der Waals surface area (Å²) in [6.07, 6.45) is 0.634. The standard InChI is InChI=1S/C16H12N2O/c19-11-17-16-10-4-9-15(18-16)14-8-3-6-12-5-1-2-7-13(12)14/h1-11H,(H,17,18,19). The number of nitrogens with zero attached hydrogens (tertiary/aromatic N) is 1. The average Bonchev–Trinajstić information content (AvgIpc) is 2.47. The molecule has 0 fully saturated rings. The molecule has 3 nitrogen and oxygen atoms in total. The van der Waals surface area contributed by atoms with Crippen molar-refractivity contribution in [1.82, 2.24) is 4.98 Å². The third-order valence-corrected chi connectivity index (χ3v) is 3.02. The van der Waals surface area contributed by atoms with Crippen molar-refractivity contribution in [1.29, 1.82) is 0 Å². The number of anilines is 1. The van der Waals surface area contributed by atoms with E-state index in [1.165, 1.54) is 5.39 Å². The number of hydrogen-bond acceptors (Lipinski definition) is 2. The lowest BCUT2D eigenvalue weighted by Gasteiger charge is -2.07. The Morgan fingerprint density at radius 1 is 0.895 bits per heavy atom. The van der Waals surface area contributed by atoms with Crippen LogP contribution in [0.1, 0.15) is 0 Å². The first-order chi connectivity index (χ1) is 9.38. The summed E-state index contributed by atoms with van der Waals surface area (Å²) in [6.45, 7) is 0. The molecule has 0 radical (unpaired) electrons. The summed E-state index contributed by atoms with van der Waals surface area (Å²) >= 11 is 0. The van der Waals surface area contributed by atoms with E-state index >= 15 is 0 Å². The zero-order chi connectivity index (χ0) is 13.1. The van der Waals surface area contributed by atoms with Crippen LogP contribution in [0.3, 0.4) is 0 Å². The number of aromatic nitrogens is 1. The van der Waals surface area contributed by atoms with Crippen LogP contribution in [0.5, 0.6) is 0 Å². The number of carbonyl (C=O) groups excluding carboxylic acids is 1. The van der Waals surface area contributed by atoms with Gasteiger partial charge in [-0.1, -0.05) is 48.5 Å². The van der Waals surface area contributed by atoms with E-state index in [9.17, 15) is 4.79 Å². The predicted octanol–water partition coefficient (Wildman–Crippen LogP) is 3.47. The minimum atomic E-state index is 0.556. The van der Waals surface area contributed by atoms with E-state index in [1.54, 1.807) is 6.07 Å². The van der Waals surface area contributed by atoms with Crippen molar-refractivity contribution in [2.24, 2.45) is 0 Å². The van der Waals surface area contributed by atoms with E-state index < -0.39 is 0 Å². The molecule has 3 aromatic rings. The van der Waals surface area contributed by atoms with Gasteiger partial charge in [0, 0.05) is 5.56 Å². The van der Waals surface area contributed by atoms with Crippen molar-refractivity contribution in [2.45, 2.75) is 0 Å². The molecule has 92 valence electrons. The Bertz CT molecular complexity index is 732. The quantitative estimate of drug-likeness (QED) is 0.721. The minimum absolute atomic E-state index is 0.556. The molecule has 0 aliphatic rings. The molecular weight excluding hydrogens is 236 g/mol. The monoisotopic (exact) mass is 248 g/mol. The molecule has 1 amide bonds. The molecule has 3 rings (SSSR count). The van der Waals surface area contributed by atoms with Crippen molar-refractivity contribution < 1.29 is 4.79 Å². The Kier molecular flexibility index (Phi) is 2.94. The Balaban J connectivity index is 2.18. The first-order valence-electron chi connectivity index (χ1n) is 6.04. The Labute approximate surface area is 110 Å². The van der Waals surface area contributed by atoms with Gasteiger partial charge in [-0.25, -0.2) is 4.98 Å². The molecule has 0 aliphatic carbocycles. The highest BCUT2D eigenvalue weighted by atomic mass is 16.1. The number of fused-ring (bicyclic) bond motifs is 1. The molecule has 1 heterocycles. The molecule has 0 saturated heterocycles. The predicted molar refractivity (Wildman–Crippen MR) is 76.9 cm³/mol. The molecule has 0 spiro atoms. The minimum Gasteiger partial charge on any atom is -0.313 e. The fraction of sp³-hybridized carbons (Fsp3) is 0. The first kappa shape index (κ1) is 11.4. The number of hydrogen-bond donors (Lipinski definition) is 1. The highest BCUT2D eigenvalue weighted by Gasteiger charge is 2.05. The maximum absolute atomic E-state index is 10.5. The van der Waals surface area contributed by atoms with Crippen LogP contribution >= 0.6 is 0 Å². The lowest BCUT2D eigenvalue weighted by molar-refractivity contribution is -0.105. The molecule has 0 bridgehead atoms. The van der Waals surface area contributed by atoms with Crippen molar-refractivity contribution in [2.75, 3.05) is 5.32 Å². The maximum Gasteiger partial charge on any atom is 0.212 e. The van der Waals surface area contributed by atoms with Crippen LogP contribution in [-0.2, 0) is 4.79 Å². The van der Waals surface area contributed by atoms with Gasteiger partial charge in [0.25, 0.3) is 0 Å². The third-order valence-electron chi connectivity index (χ3n) is 3.02. The van der Waals surface area contributed by atoms with Gasteiger partial charge >= 0.3 is 0 Å². The second-order valence-corrected chi connectivity index (χ2v) is 4.20. The molecule has 0 unspecified atom stereocenters. The van der Waals surface area contributed by atoms with Crippen molar-refractivity contribution in [3.63, 3.8) is 0 Å². The molecule has 2 aromatic carbocycles. The normalized spacial score (nSPS) is 10.3. The molecular formula is C16H12N2O. The van der Waals surface area contributed by atoms with Gasteiger partial charge in [-0.3, -0.25) is 4.79 Å². The van der Waals surface area contributed by atoms with E-state index in [1.807, 2.05) is 36.4 Å². The zero-order valence-corrected chi connectivity index (χ0v) is 10.2. The van der Waals surface area contributed by atoms with Gasteiger partial charge in [-0.15, -0.1) is 0 Å². The van der Waals surface area contributed by atoms with Gasteiger partial charge in [0.2, 0.25) is 6.41 Å².